The molecule has 0 saturated heterocycles. The normalized spacial score (nSPS) is 11.9. The van der Waals surface area contributed by atoms with Crippen molar-refractivity contribution in [3.05, 3.63) is 65.9 Å². The Kier molecular flexibility index (Phi) is 9.12. The van der Waals surface area contributed by atoms with Crippen molar-refractivity contribution in [1.29, 1.82) is 0 Å². The Labute approximate surface area is 194 Å². The van der Waals surface area contributed by atoms with E-state index in [0.717, 1.165) is 22.3 Å². The Bertz CT molecular complexity index is 1080. The molecule has 30 heavy (non-hydrogen) atoms. The quantitative estimate of drug-likeness (QED) is 0.176. The average Bonchev–Trinajstić information content (AvgIpc) is 3.06. The smallest absolute Gasteiger partial charge is 0.240 e. The van der Waals surface area contributed by atoms with Crippen LogP contribution in [0.4, 0.5) is 0 Å². The molecule has 2 aromatic carbocycles. The van der Waals surface area contributed by atoms with Crippen molar-refractivity contribution in [3.8, 4) is 0 Å². The molecule has 0 spiro atoms. The van der Waals surface area contributed by atoms with Gasteiger partial charge in [0.2, 0.25) is 10.0 Å². The fraction of sp³-hybridized carbons (Fsp3) is 0.286. The van der Waals surface area contributed by atoms with Crippen LogP contribution in [0.2, 0.25) is 0 Å². The van der Waals surface area contributed by atoms with Crippen LogP contribution >= 0.6 is 24.0 Å². The van der Waals surface area contributed by atoms with E-state index in [4.69, 9.17) is 4.42 Å². The summed E-state index contributed by atoms with van der Waals surface area (Å²) in [5, 5.41) is 7.38. The third-order valence-electron chi connectivity index (χ3n) is 4.43. The van der Waals surface area contributed by atoms with Gasteiger partial charge in [-0.05, 0) is 32.0 Å². The van der Waals surface area contributed by atoms with Gasteiger partial charge in [-0.1, -0.05) is 36.4 Å². The first-order valence-electron chi connectivity index (χ1n) is 9.55. The molecule has 0 aliphatic heterocycles. The number of para-hydroxylation sites is 1. The average molecular weight is 542 g/mol. The highest BCUT2D eigenvalue weighted by molar-refractivity contribution is 14.0. The second-order valence-corrected chi connectivity index (χ2v) is 8.25. The molecule has 3 aromatic rings. The van der Waals surface area contributed by atoms with Gasteiger partial charge >= 0.3 is 0 Å². The zero-order valence-electron chi connectivity index (χ0n) is 17.0. The number of benzene rings is 2. The fourth-order valence-electron chi connectivity index (χ4n) is 2.92. The first-order chi connectivity index (χ1) is 14.0. The first-order valence-corrected chi connectivity index (χ1v) is 11.0. The molecule has 1 heterocycles. The van der Waals surface area contributed by atoms with Crippen LogP contribution < -0.4 is 15.4 Å². The van der Waals surface area contributed by atoms with E-state index in [2.05, 4.69) is 20.3 Å². The van der Waals surface area contributed by atoms with Gasteiger partial charge in [0.05, 0.1) is 4.90 Å². The van der Waals surface area contributed by atoms with Gasteiger partial charge in [0.15, 0.2) is 5.96 Å². The van der Waals surface area contributed by atoms with Crippen LogP contribution in [-0.2, 0) is 16.6 Å². The lowest BCUT2D eigenvalue weighted by atomic mass is 10.1. The molecule has 162 valence electrons. The van der Waals surface area contributed by atoms with E-state index in [0.29, 0.717) is 25.6 Å². The molecule has 0 saturated carbocycles. The predicted octanol–water partition coefficient (Wildman–Crippen LogP) is 3.39. The van der Waals surface area contributed by atoms with E-state index >= 15 is 0 Å². The zero-order valence-corrected chi connectivity index (χ0v) is 20.2. The van der Waals surface area contributed by atoms with Gasteiger partial charge in [0.25, 0.3) is 0 Å². The first kappa shape index (κ1) is 24.2. The van der Waals surface area contributed by atoms with E-state index in [1.54, 1.807) is 30.3 Å². The van der Waals surface area contributed by atoms with Gasteiger partial charge in [-0.25, -0.2) is 18.1 Å². The van der Waals surface area contributed by atoms with E-state index < -0.39 is 10.0 Å². The second kappa shape index (κ2) is 11.3. The highest BCUT2D eigenvalue weighted by Crippen LogP contribution is 2.25. The summed E-state index contributed by atoms with van der Waals surface area (Å²) in [7, 11) is -3.51. The molecule has 0 aliphatic rings. The molecule has 0 atom stereocenters. The molecule has 1 aromatic heterocycles. The summed E-state index contributed by atoms with van der Waals surface area (Å²) in [6, 6.07) is 16.2. The van der Waals surface area contributed by atoms with Crippen LogP contribution in [0.25, 0.3) is 11.0 Å². The maximum Gasteiger partial charge on any atom is 0.240 e. The summed E-state index contributed by atoms with van der Waals surface area (Å²) in [4.78, 5) is 4.81. The number of guanidine groups is 1. The van der Waals surface area contributed by atoms with E-state index in [1.807, 2.05) is 38.1 Å². The van der Waals surface area contributed by atoms with Crippen LogP contribution in [0, 0.1) is 6.92 Å². The second-order valence-electron chi connectivity index (χ2n) is 6.48. The van der Waals surface area contributed by atoms with Crippen LogP contribution in [0.3, 0.4) is 0 Å². The highest BCUT2D eigenvalue weighted by atomic mass is 127. The Hall–Kier alpha value is -2.11. The van der Waals surface area contributed by atoms with Gasteiger partial charge in [0, 0.05) is 30.6 Å². The standard InChI is InChI=1S/C21H26N4O3S.HI/c1-3-22-21(23-13-14-25-29(26,27)17-9-5-4-6-10-17)24-15-20-16(2)18-11-7-8-12-19(18)28-20;/h4-12,25H,3,13-15H2,1-2H3,(H2,22,23,24);1H. The summed E-state index contributed by atoms with van der Waals surface area (Å²) in [6.07, 6.45) is 0. The van der Waals surface area contributed by atoms with Crippen molar-refractivity contribution in [2.75, 3.05) is 19.6 Å². The Balaban J connectivity index is 0.00000320. The highest BCUT2D eigenvalue weighted by Gasteiger charge is 2.12. The summed E-state index contributed by atoms with van der Waals surface area (Å²) in [5.74, 6) is 1.42. The van der Waals surface area contributed by atoms with E-state index in [1.165, 1.54) is 0 Å². The minimum absolute atomic E-state index is 0. The minimum atomic E-state index is -3.51. The van der Waals surface area contributed by atoms with Gasteiger partial charge in [0.1, 0.15) is 17.9 Å². The number of rotatable bonds is 8. The molecule has 7 nitrogen and oxygen atoms in total. The molecule has 0 unspecified atom stereocenters. The van der Waals surface area contributed by atoms with Crippen molar-refractivity contribution in [2.45, 2.75) is 25.3 Å². The van der Waals surface area contributed by atoms with Gasteiger partial charge in [-0.15, -0.1) is 24.0 Å². The Morgan fingerprint density at radius 1 is 1.00 bits per heavy atom. The van der Waals surface area contributed by atoms with Crippen molar-refractivity contribution >= 4 is 50.9 Å². The SMILES string of the molecule is CCNC(=NCc1oc2ccccc2c1C)NCCNS(=O)(=O)c1ccccc1.I. The minimum Gasteiger partial charge on any atom is -0.459 e. The maximum atomic E-state index is 12.2. The lowest BCUT2D eigenvalue weighted by Crippen LogP contribution is -2.41. The van der Waals surface area contributed by atoms with Crippen molar-refractivity contribution in [2.24, 2.45) is 4.99 Å². The molecule has 3 rings (SSSR count). The van der Waals surface area contributed by atoms with Crippen molar-refractivity contribution < 1.29 is 12.8 Å². The molecule has 0 aliphatic carbocycles. The van der Waals surface area contributed by atoms with Crippen LogP contribution in [0.5, 0.6) is 0 Å². The predicted molar refractivity (Wildman–Crippen MR) is 131 cm³/mol. The number of hydrogen-bond donors (Lipinski definition) is 3. The lowest BCUT2D eigenvalue weighted by molar-refractivity contribution is 0.548. The van der Waals surface area contributed by atoms with Crippen molar-refractivity contribution in [3.63, 3.8) is 0 Å². The monoisotopic (exact) mass is 542 g/mol. The third kappa shape index (κ3) is 6.19. The molecular formula is C21H27IN4O3S. The van der Waals surface area contributed by atoms with E-state index in [-0.39, 0.29) is 35.4 Å². The number of fused-ring (bicyclic) bond motifs is 1. The zero-order chi connectivity index (χ0) is 20.7. The number of nitrogens with one attached hydrogen (secondary N) is 3. The number of halogens is 1. The summed E-state index contributed by atoms with van der Waals surface area (Å²) in [6.45, 7) is 5.73. The van der Waals surface area contributed by atoms with Gasteiger partial charge in [-0.3, -0.25) is 0 Å². The molecule has 9 heteroatoms. The van der Waals surface area contributed by atoms with E-state index in [9.17, 15) is 8.42 Å². The topological polar surface area (TPSA) is 95.7 Å². The van der Waals surface area contributed by atoms with Crippen LogP contribution in [-0.4, -0.2) is 34.0 Å². The Morgan fingerprint density at radius 3 is 2.40 bits per heavy atom. The van der Waals surface area contributed by atoms with Crippen LogP contribution in [0.1, 0.15) is 18.2 Å². The van der Waals surface area contributed by atoms with Gasteiger partial charge in [-0.2, -0.15) is 0 Å². The van der Waals surface area contributed by atoms with Gasteiger partial charge < -0.3 is 15.1 Å². The number of aliphatic imine (C=N–C) groups is 1. The summed E-state index contributed by atoms with van der Waals surface area (Å²) < 4.78 is 33.0. The number of aryl methyl sites for hydroxylation is 1. The molecule has 0 amide bonds. The molecule has 0 radical (unpaired) electrons. The Morgan fingerprint density at radius 2 is 1.70 bits per heavy atom. The number of furan rings is 1. The number of hydrogen-bond acceptors (Lipinski definition) is 4. The summed E-state index contributed by atoms with van der Waals surface area (Å²) in [5.41, 5.74) is 1.93. The molecule has 0 fully saturated rings. The molecule has 3 N–H and O–H groups in total. The largest absolute Gasteiger partial charge is 0.459 e. The molecule has 0 bridgehead atoms. The van der Waals surface area contributed by atoms with Crippen LogP contribution in [0.15, 0.2) is 68.9 Å². The van der Waals surface area contributed by atoms with Crippen molar-refractivity contribution in [1.82, 2.24) is 15.4 Å². The summed E-state index contributed by atoms with van der Waals surface area (Å²) >= 11 is 0. The fourth-order valence-corrected chi connectivity index (χ4v) is 3.97. The lowest BCUT2D eigenvalue weighted by Gasteiger charge is -2.12. The third-order valence-corrected chi connectivity index (χ3v) is 5.91. The number of sulfonamides is 1. The number of nitrogens with zero attached hydrogens (tertiary/aromatic N) is 1. The molecular weight excluding hydrogens is 515 g/mol. The maximum absolute atomic E-state index is 12.2.